The fourth-order valence-electron chi connectivity index (χ4n) is 1.97. The molecule has 1 N–H and O–H groups in total. The second-order valence-corrected chi connectivity index (χ2v) is 4.86. The number of para-hydroxylation sites is 1. The summed E-state index contributed by atoms with van der Waals surface area (Å²) in [5, 5.41) is 2.89. The number of aromatic nitrogens is 1. The number of benzene rings is 1. The highest BCUT2D eigenvalue weighted by Gasteiger charge is 2.18. The molecular weight excluding hydrogens is 264 g/mol. The molecule has 4 nitrogen and oxygen atoms in total. The molecule has 0 unspecified atom stereocenters. The van der Waals surface area contributed by atoms with Crippen LogP contribution >= 0.6 is 0 Å². The lowest BCUT2D eigenvalue weighted by molar-refractivity contribution is -0.128. The maximum absolute atomic E-state index is 12.2. The molecule has 0 saturated heterocycles. The summed E-state index contributed by atoms with van der Waals surface area (Å²) in [6.45, 7) is 4.36. The maximum Gasteiger partial charge on any atom is 0.261 e. The molecule has 4 heteroatoms. The summed E-state index contributed by atoms with van der Waals surface area (Å²) in [6.07, 6.45) is 3.58. The summed E-state index contributed by atoms with van der Waals surface area (Å²) in [5.74, 6) is 0.644. The summed E-state index contributed by atoms with van der Waals surface area (Å²) < 4.78 is 5.82. The van der Waals surface area contributed by atoms with Crippen molar-refractivity contribution in [2.24, 2.45) is 0 Å². The summed E-state index contributed by atoms with van der Waals surface area (Å²) in [4.78, 5) is 16.2. The summed E-state index contributed by atoms with van der Waals surface area (Å²) in [5.41, 5.74) is 1.99. The molecule has 0 saturated carbocycles. The van der Waals surface area contributed by atoms with Crippen LogP contribution in [0.25, 0.3) is 0 Å². The third kappa shape index (κ3) is 4.31. The van der Waals surface area contributed by atoms with Gasteiger partial charge in [0, 0.05) is 18.9 Å². The SMILES string of the molecule is CC[C@H](Oc1ccccc1C)C(=O)NCc1cccnc1. The average molecular weight is 284 g/mol. The van der Waals surface area contributed by atoms with Crippen LogP contribution in [0.3, 0.4) is 0 Å². The molecule has 0 fully saturated rings. The minimum absolute atomic E-state index is 0.107. The number of pyridine rings is 1. The number of ether oxygens (including phenoxy) is 1. The second kappa shape index (κ2) is 7.43. The van der Waals surface area contributed by atoms with Crippen molar-refractivity contribution in [2.45, 2.75) is 32.9 Å². The summed E-state index contributed by atoms with van der Waals surface area (Å²) in [7, 11) is 0. The van der Waals surface area contributed by atoms with Gasteiger partial charge in [-0.15, -0.1) is 0 Å². The molecule has 1 amide bonds. The van der Waals surface area contributed by atoms with Gasteiger partial charge in [0.15, 0.2) is 6.10 Å². The maximum atomic E-state index is 12.2. The number of carbonyl (C=O) groups excluding carboxylic acids is 1. The van der Waals surface area contributed by atoms with Crippen molar-refractivity contribution in [2.75, 3.05) is 0 Å². The zero-order chi connectivity index (χ0) is 15.1. The predicted octanol–water partition coefficient (Wildman–Crippen LogP) is 2.86. The number of nitrogens with zero attached hydrogens (tertiary/aromatic N) is 1. The minimum atomic E-state index is -0.484. The van der Waals surface area contributed by atoms with Gasteiger partial charge in [-0.25, -0.2) is 0 Å². The molecule has 0 radical (unpaired) electrons. The van der Waals surface area contributed by atoms with Crippen LogP contribution in [0.4, 0.5) is 0 Å². The van der Waals surface area contributed by atoms with Crippen molar-refractivity contribution >= 4 is 5.91 Å². The Balaban J connectivity index is 1.94. The Labute approximate surface area is 125 Å². The van der Waals surface area contributed by atoms with Crippen molar-refractivity contribution in [3.8, 4) is 5.75 Å². The van der Waals surface area contributed by atoms with Gasteiger partial charge < -0.3 is 10.1 Å². The number of nitrogens with one attached hydrogen (secondary N) is 1. The number of amides is 1. The molecule has 1 atom stereocenters. The third-order valence-electron chi connectivity index (χ3n) is 3.22. The van der Waals surface area contributed by atoms with Gasteiger partial charge in [0.25, 0.3) is 5.91 Å². The van der Waals surface area contributed by atoms with Crippen LogP contribution in [-0.4, -0.2) is 17.0 Å². The number of rotatable bonds is 6. The largest absolute Gasteiger partial charge is 0.480 e. The molecule has 1 aromatic heterocycles. The Morgan fingerprint density at radius 1 is 1.29 bits per heavy atom. The van der Waals surface area contributed by atoms with Crippen LogP contribution in [0.1, 0.15) is 24.5 Å². The van der Waals surface area contributed by atoms with E-state index in [0.717, 1.165) is 16.9 Å². The van der Waals surface area contributed by atoms with Crippen LogP contribution in [0.15, 0.2) is 48.8 Å². The van der Waals surface area contributed by atoms with Gasteiger partial charge >= 0.3 is 0 Å². The van der Waals surface area contributed by atoms with E-state index in [1.807, 2.05) is 50.2 Å². The fraction of sp³-hybridized carbons (Fsp3) is 0.294. The van der Waals surface area contributed by atoms with E-state index >= 15 is 0 Å². The van der Waals surface area contributed by atoms with E-state index in [4.69, 9.17) is 4.74 Å². The molecule has 0 aliphatic carbocycles. The van der Waals surface area contributed by atoms with Crippen LogP contribution in [-0.2, 0) is 11.3 Å². The molecular formula is C17H20N2O2. The van der Waals surface area contributed by atoms with E-state index in [1.165, 1.54) is 0 Å². The monoisotopic (exact) mass is 284 g/mol. The molecule has 110 valence electrons. The fourth-order valence-corrected chi connectivity index (χ4v) is 1.97. The zero-order valence-electron chi connectivity index (χ0n) is 12.4. The van der Waals surface area contributed by atoms with Gasteiger partial charge in [0.1, 0.15) is 5.75 Å². The third-order valence-corrected chi connectivity index (χ3v) is 3.22. The van der Waals surface area contributed by atoms with Gasteiger partial charge in [0.05, 0.1) is 0 Å². The summed E-state index contributed by atoms with van der Waals surface area (Å²) in [6, 6.07) is 11.5. The smallest absolute Gasteiger partial charge is 0.261 e. The van der Waals surface area contributed by atoms with E-state index in [1.54, 1.807) is 12.4 Å². The second-order valence-electron chi connectivity index (χ2n) is 4.86. The first-order valence-electron chi connectivity index (χ1n) is 7.09. The van der Waals surface area contributed by atoms with Gasteiger partial charge in [-0.05, 0) is 36.6 Å². The molecule has 1 heterocycles. The van der Waals surface area contributed by atoms with Crippen molar-refractivity contribution in [3.63, 3.8) is 0 Å². The highest BCUT2D eigenvalue weighted by molar-refractivity contribution is 5.81. The van der Waals surface area contributed by atoms with E-state index in [-0.39, 0.29) is 5.91 Å². The van der Waals surface area contributed by atoms with Crippen molar-refractivity contribution in [1.29, 1.82) is 0 Å². The van der Waals surface area contributed by atoms with Crippen molar-refractivity contribution in [1.82, 2.24) is 10.3 Å². The molecule has 0 spiro atoms. The molecule has 2 rings (SSSR count). The highest BCUT2D eigenvalue weighted by atomic mass is 16.5. The highest BCUT2D eigenvalue weighted by Crippen LogP contribution is 2.18. The Hall–Kier alpha value is -2.36. The first-order chi connectivity index (χ1) is 10.2. The standard InChI is InChI=1S/C17H20N2O2/c1-3-15(21-16-9-5-4-7-13(16)2)17(20)19-12-14-8-6-10-18-11-14/h4-11,15H,3,12H2,1-2H3,(H,19,20)/t15-/m0/s1. The average Bonchev–Trinajstić information content (AvgIpc) is 2.53. The van der Waals surface area contributed by atoms with E-state index in [9.17, 15) is 4.79 Å². The number of hydrogen-bond acceptors (Lipinski definition) is 3. The van der Waals surface area contributed by atoms with Crippen molar-refractivity contribution in [3.05, 3.63) is 59.9 Å². The molecule has 1 aromatic carbocycles. The molecule has 0 aliphatic rings. The number of carbonyl (C=O) groups is 1. The van der Waals surface area contributed by atoms with Crippen LogP contribution in [0, 0.1) is 6.92 Å². The first kappa shape index (κ1) is 15.0. The van der Waals surface area contributed by atoms with Gasteiger partial charge in [-0.1, -0.05) is 31.2 Å². The minimum Gasteiger partial charge on any atom is -0.480 e. The van der Waals surface area contributed by atoms with E-state index < -0.39 is 6.10 Å². The van der Waals surface area contributed by atoms with Crippen LogP contribution < -0.4 is 10.1 Å². The van der Waals surface area contributed by atoms with Gasteiger partial charge in [0.2, 0.25) is 0 Å². The van der Waals surface area contributed by atoms with Crippen LogP contribution in [0.2, 0.25) is 0 Å². The lowest BCUT2D eigenvalue weighted by atomic mass is 10.2. The van der Waals surface area contributed by atoms with Gasteiger partial charge in [-0.3, -0.25) is 9.78 Å². The Bertz CT molecular complexity index is 584. The zero-order valence-corrected chi connectivity index (χ0v) is 12.4. The normalized spacial score (nSPS) is 11.7. The number of hydrogen-bond donors (Lipinski definition) is 1. The Kier molecular flexibility index (Phi) is 5.32. The topological polar surface area (TPSA) is 51.2 Å². The molecule has 21 heavy (non-hydrogen) atoms. The quantitative estimate of drug-likeness (QED) is 0.887. The van der Waals surface area contributed by atoms with E-state index in [0.29, 0.717) is 13.0 Å². The van der Waals surface area contributed by atoms with Crippen LogP contribution in [0.5, 0.6) is 5.75 Å². The first-order valence-corrected chi connectivity index (χ1v) is 7.09. The summed E-state index contributed by atoms with van der Waals surface area (Å²) >= 11 is 0. The Morgan fingerprint density at radius 2 is 2.10 bits per heavy atom. The van der Waals surface area contributed by atoms with Crippen molar-refractivity contribution < 1.29 is 9.53 Å². The molecule has 0 bridgehead atoms. The van der Waals surface area contributed by atoms with Gasteiger partial charge in [-0.2, -0.15) is 0 Å². The lowest BCUT2D eigenvalue weighted by Gasteiger charge is -2.18. The lowest BCUT2D eigenvalue weighted by Crippen LogP contribution is -2.37. The molecule has 2 aromatic rings. The molecule has 0 aliphatic heterocycles. The Morgan fingerprint density at radius 3 is 2.76 bits per heavy atom. The predicted molar refractivity (Wildman–Crippen MR) is 82.0 cm³/mol. The van der Waals surface area contributed by atoms with E-state index in [2.05, 4.69) is 10.3 Å². The number of aryl methyl sites for hydroxylation is 1.